The van der Waals surface area contributed by atoms with Crippen LogP contribution in [0.5, 0.6) is 17.2 Å². The third-order valence-electron chi connectivity index (χ3n) is 7.58. The van der Waals surface area contributed by atoms with Gasteiger partial charge in [0.15, 0.2) is 6.10 Å². The van der Waals surface area contributed by atoms with Crippen LogP contribution >= 0.6 is 0 Å². The molecule has 226 valence electrons. The van der Waals surface area contributed by atoms with E-state index in [0.717, 1.165) is 42.7 Å². The van der Waals surface area contributed by atoms with Gasteiger partial charge >= 0.3 is 5.97 Å². The first-order chi connectivity index (χ1) is 19.8. The number of hydrogen-bond donors (Lipinski definition) is 1. The van der Waals surface area contributed by atoms with Crippen LogP contribution in [0.25, 0.3) is 11.3 Å². The Morgan fingerprint density at radius 2 is 1.71 bits per heavy atom. The summed E-state index contributed by atoms with van der Waals surface area (Å²) in [4.78, 5) is 24.3. The summed E-state index contributed by atoms with van der Waals surface area (Å²) in [5.41, 5.74) is 3.89. The lowest BCUT2D eigenvalue weighted by Crippen LogP contribution is -2.39. The van der Waals surface area contributed by atoms with Crippen LogP contribution in [0.1, 0.15) is 70.4 Å². The van der Waals surface area contributed by atoms with E-state index < -0.39 is 17.7 Å². The molecule has 1 atom stereocenters. The van der Waals surface area contributed by atoms with Gasteiger partial charge < -0.3 is 29.0 Å². The maximum Gasteiger partial charge on any atom is 0.337 e. The number of benzene rings is 1. The second kappa shape index (κ2) is 12.6. The number of methoxy groups -OCH3 is 2. The molecule has 1 aliphatic heterocycles. The highest BCUT2D eigenvalue weighted by Crippen LogP contribution is 2.43. The third-order valence-corrected chi connectivity index (χ3v) is 7.58. The van der Waals surface area contributed by atoms with Crippen molar-refractivity contribution >= 4 is 11.7 Å². The Labute approximate surface area is 248 Å². The molecule has 3 aromatic rings. The number of aliphatic carboxylic acids is 1. The summed E-state index contributed by atoms with van der Waals surface area (Å²) in [5, 5.41) is 10.3. The smallest absolute Gasteiger partial charge is 0.337 e. The number of aromatic nitrogens is 2. The molecule has 1 unspecified atom stereocenters. The summed E-state index contributed by atoms with van der Waals surface area (Å²) in [6, 6.07) is 9.33. The van der Waals surface area contributed by atoms with Gasteiger partial charge in [-0.3, -0.25) is 9.97 Å². The van der Waals surface area contributed by atoms with E-state index in [-0.39, 0.29) is 5.41 Å². The highest BCUT2D eigenvalue weighted by molar-refractivity contribution is 5.85. The van der Waals surface area contributed by atoms with Crippen LogP contribution in [0.3, 0.4) is 0 Å². The highest BCUT2D eigenvalue weighted by atomic mass is 16.5. The van der Waals surface area contributed by atoms with Gasteiger partial charge in [0.2, 0.25) is 0 Å². The predicted octanol–water partition coefficient (Wildman–Crippen LogP) is 6.62. The normalized spacial score (nSPS) is 15.7. The Hall–Kier alpha value is -3.85. The van der Waals surface area contributed by atoms with E-state index >= 15 is 0 Å². The lowest BCUT2D eigenvalue weighted by atomic mass is 9.82. The average molecular weight is 578 g/mol. The molecule has 42 heavy (non-hydrogen) atoms. The molecule has 1 saturated heterocycles. The minimum atomic E-state index is -1.18. The topological polar surface area (TPSA) is 103 Å². The molecule has 4 rings (SSSR count). The van der Waals surface area contributed by atoms with Crippen molar-refractivity contribution in [2.24, 2.45) is 5.41 Å². The lowest BCUT2D eigenvalue weighted by molar-refractivity contribution is -0.160. The van der Waals surface area contributed by atoms with Crippen molar-refractivity contribution in [3.63, 3.8) is 0 Å². The summed E-state index contributed by atoms with van der Waals surface area (Å²) >= 11 is 0. The molecule has 1 fully saturated rings. The fourth-order valence-corrected chi connectivity index (χ4v) is 5.13. The number of hydrogen-bond acceptors (Lipinski definition) is 8. The molecular formula is C33H43N3O6. The molecule has 0 radical (unpaired) electrons. The zero-order valence-electron chi connectivity index (χ0n) is 26.0. The third kappa shape index (κ3) is 7.31. The molecule has 1 aromatic carbocycles. The summed E-state index contributed by atoms with van der Waals surface area (Å²) in [6.45, 7) is 13.9. The molecular weight excluding hydrogens is 534 g/mol. The number of aryl methyl sites for hydroxylation is 1. The van der Waals surface area contributed by atoms with Gasteiger partial charge in [-0.05, 0) is 70.2 Å². The lowest BCUT2D eigenvalue weighted by Gasteiger charge is -2.40. The van der Waals surface area contributed by atoms with Crippen molar-refractivity contribution in [1.29, 1.82) is 0 Å². The minimum absolute atomic E-state index is 0.219. The largest absolute Gasteiger partial charge is 0.497 e. The molecule has 9 nitrogen and oxygen atoms in total. The van der Waals surface area contributed by atoms with Crippen molar-refractivity contribution in [3.05, 3.63) is 59.5 Å². The minimum Gasteiger partial charge on any atom is -0.497 e. The van der Waals surface area contributed by atoms with Crippen molar-refractivity contribution in [2.75, 3.05) is 32.2 Å². The number of nitrogens with zero attached hydrogens (tertiary/aromatic N) is 3. The molecule has 0 aliphatic carbocycles. The Balaban J connectivity index is 1.70. The van der Waals surface area contributed by atoms with Crippen LogP contribution in [0.15, 0.2) is 42.7 Å². The van der Waals surface area contributed by atoms with E-state index in [1.54, 1.807) is 26.6 Å². The van der Waals surface area contributed by atoms with E-state index in [1.807, 2.05) is 58.0 Å². The number of ether oxygens (including phenoxy) is 4. The number of rotatable bonds is 10. The van der Waals surface area contributed by atoms with Crippen LogP contribution in [0.4, 0.5) is 5.69 Å². The summed E-state index contributed by atoms with van der Waals surface area (Å²) in [6.07, 6.45) is 4.26. The monoisotopic (exact) mass is 577 g/mol. The maximum absolute atomic E-state index is 12.6. The van der Waals surface area contributed by atoms with Gasteiger partial charge in [0.05, 0.1) is 37.4 Å². The first-order valence-corrected chi connectivity index (χ1v) is 14.3. The molecule has 0 saturated carbocycles. The molecule has 3 heterocycles. The van der Waals surface area contributed by atoms with Gasteiger partial charge in [-0.2, -0.15) is 0 Å². The van der Waals surface area contributed by atoms with Crippen LogP contribution in [0, 0.1) is 12.3 Å². The number of piperidine rings is 1. The van der Waals surface area contributed by atoms with Gasteiger partial charge in [-0.15, -0.1) is 0 Å². The summed E-state index contributed by atoms with van der Waals surface area (Å²) in [5.74, 6) is 0.935. The number of anilines is 1. The highest BCUT2D eigenvalue weighted by Gasteiger charge is 2.36. The Morgan fingerprint density at radius 1 is 1.02 bits per heavy atom. The number of pyridine rings is 2. The molecule has 9 heteroatoms. The van der Waals surface area contributed by atoms with Gasteiger partial charge in [0, 0.05) is 47.7 Å². The maximum atomic E-state index is 12.6. The van der Waals surface area contributed by atoms with Crippen LogP contribution in [0.2, 0.25) is 0 Å². The van der Waals surface area contributed by atoms with Crippen LogP contribution in [-0.4, -0.2) is 54.0 Å². The molecule has 1 N–H and O–H groups in total. The predicted molar refractivity (Wildman–Crippen MR) is 163 cm³/mol. The van der Waals surface area contributed by atoms with Crippen molar-refractivity contribution in [3.8, 4) is 28.5 Å². The van der Waals surface area contributed by atoms with E-state index in [4.69, 9.17) is 23.9 Å². The molecule has 0 bridgehead atoms. The number of carboxylic acid groups (broad SMARTS) is 1. The van der Waals surface area contributed by atoms with Crippen molar-refractivity contribution < 1.29 is 28.8 Å². The molecule has 0 spiro atoms. The second-order valence-electron chi connectivity index (χ2n) is 12.5. The van der Waals surface area contributed by atoms with E-state index in [1.165, 1.54) is 0 Å². The van der Waals surface area contributed by atoms with Gasteiger partial charge in [-0.1, -0.05) is 13.8 Å². The van der Waals surface area contributed by atoms with E-state index in [2.05, 4.69) is 23.7 Å². The van der Waals surface area contributed by atoms with E-state index in [0.29, 0.717) is 40.8 Å². The van der Waals surface area contributed by atoms with Gasteiger partial charge in [-0.25, -0.2) is 4.79 Å². The average Bonchev–Trinajstić information content (AvgIpc) is 2.94. The van der Waals surface area contributed by atoms with E-state index in [9.17, 15) is 9.90 Å². The van der Waals surface area contributed by atoms with Crippen molar-refractivity contribution in [2.45, 2.75) is 72.7 Å². The number of carboxylic acids is 1. The van der Waals surface area contributed by atoms with Gasteiger partial charge in [0.25, 0.3) is 0 Å². The summed E-state index contributed by atoms with van der Waals surface area (Å²) in [7, 11) is 3.22. The number of carbonyl (C=O) groups is 1. The first-order valence-electron chi connectivity index (χ1n) is 14.3. The molecule has 2 aromatic heterocycles. The van der Waals surface area contributed by atoms with Gasteiger partial charge in [0.1, 0.15) is 23.9 Å². The fourth-order valence-electron chi connectivity index (χ4n) is 5.13. The fraction of sp³-hybridized carbons (Fsp3) is 0.485. The Bertz CT molecular complexity index is 1390. The Kier molecular flexibility index (Phi) is 9.30. The first kappa shape index (κ1) is 31.1. The molecule has 1 aliphatic rings. The zero-order chi connectivity index (χ0) is 30.7. The standard InChI is InChI=1S/C33H43N3O6/c1-21-28(30(31(37)38)42-32(2,3)4)29(36-15-13-33(5,6)14-16-36)25(19-34-21)26-12-11-24(18-35-26)41-20-22-9-10-23(39-7)17-27(22)40-8/h9-12,17-19,30H,13-16,20H2,1-8H3,(H,37,38). The Morgan fingerprint density at radius 3 is 2.29 bits per heavy atom. The van der Waals surface area contributed by atoms with Crippen molar-refractivity contribution in [1.82, 2.24) is 9.97 Å². The summed E-state index contributed by atoms with van der Waals surface area (Å²) < 4.78 is 22.9. The SMILES string of the molecule is COc1ccc(COc2ccc(-c3cnc(C)c(C(OC(C)(C)C)C(=O)O)c3N3CCC(C)(C)CC3)nc2)c(OC)c1. The molecule has 0 amide bonds. The van der Waals surface area contributed by atoms with Crippen LogP contribution < -0.4 is 19.1 Å². The second-order valence-corrected chi connectivity index (χ2v) is 12.5. The zero-order valence-corrected chi connectivity index (χ0v) is 26.0. The van der Waals surface area contributed by atoms with Crippen LogP contribution in [-0.2, 0) is 16.1 Å². The quantitative estimate of drug-likeness (QED) is 0.285.